The molecule has 5 heteroatoms. The molecular weight excluding hydrogens is 192 g/mol. The fourth-order valence-electron chi connectivity index (χ4n) is 1.39. The second kappa shape index (κ2) is 4.56. The fourth-order valence-corrected chi connectivity index (χ4v) is 1.39. The van der Waals surface area contributed by atoms with Crippen molar-refractivity contribution in [1.29, 1.82) is 0 Å². The first-order chi connectivity index (χ1) is 7.42. The van der Waals surface area contributed by atoms with Crippen molar-refractivity contribution in [1.82, 2.24) is 15.2 Å². The van der Waals surface area contributed by atoms with E-state index in [0.29, 0.717) is 12.5 Å². The molecule has 0 atom stereocenters. The van der Waals surface area contributed by atoms with Crippen molar-refractivity contribution in [3.8, 4) is 0 Å². The molecule has 2 aromatic rings. The highest BCUT2D eigenvalue weighted by molar-refractivity contribution is 5.56. The number of hydrogen-bond donors (Lipinski definition) is 2. The molecule has 78 valence electrons. The molecule has 1 heterocycles. The van der Waals surface area contributed by atoms with Crippen molar-refractivity contribution in [3.05, 3.63) is 36.7 Å². The van der Waals surface area contributed by atoms with E-state index in [1.807, 2.05) is 35.2 Å². The van der Waals surface area contributed by atoms with Crippen LogP contribution in [0.3, 0.4) is 0 Å². The third kappa shape index (κ3) is 2.13. The maximum absolute atomic E-state index is 8.99. The number of benzene rings is 1. The Morgan fingerprint density at radius 2 is 2.07 bits per heavy atom. The predicted molar refractivity (Wildman–Crippen MR) is 56.9 cm³/mol. The van der Waals surface area contributed by atoms with Gasteiger partial charge >= 0.3 is 0 Å². The molecule has 5 nitrogen and oxygen atoms in total. The van der Waals surface area contributed by atoms with E-state index in [2.05, 4.69) is 15.2 Å². The normalized spacial score (nSPS) is 10.2. The van der Waals surface area contributed by atoms with E-state index in [-0.39, 0.29) is 6.61 Å². The minimum Gasteiger partial charge on any atom is -0.395 e. The number of hydrogen-bond acceptors (Lipinski definition) is 4. The van der Waals surface area contributed by atoms with Gasteiger partial charge in [-0.3, -0.25) is 0 Å². The van der Waals surface area contributed by atoms with Crippen LogP contribution in [-0.4, -0.2) is 33.4 Å². The van der Waals surface area contributed by atoms with Crippen molar-refractivity contribution < 1.29 is 5.11 Å². The van der Waals surface area contributed by atoms with Gasteiger partial charge in [0.05, 0.1) is 6.61 Å². The number of aromatic nitrogens is 3. The topological polar surface area (TPSA) is 65.0 Å². The van der Waals surface area contributed by atoms with Crippen molar-refractivity contribution in [2.24, 2.45) is 0 Å². The number of nitrogens with zero attached hydrogens (tertiary/aromatic N) is 3. The summed E-state index contributed by atoms with van der Waals surface area (Å²) in [5.74, 6) is 0.634. The molecule has 15 heavy (non-hydrogen) atoms. The lowest BCUT2D eigenvalue weighted by Crippen LogP contribution is -2.22. The van der Waals surface area contributed by atoms with E-state index in [0.717, 1.165) is 5.69 Å². The lowest BCUT2D eigenvalue weighted by atomic mass is 10.3. The predicted octanol–water partition coefficient (Wildman–Crippen LogP) is 0.935. The Morgan fingerprint density at radius 1 is 1.27 bits per heavy atom. The Bertz CT molecular complexity index is 387. The van der Waals surface area contributed by atoms with Gasteiger partial charge in [0.25, 0.3) is 0 Å². The molecule has 0 spiro atoms. The number of aliphatic hydroxyl groups excluding tert-OH is 1. The molecule has 0 radical (unpaired) electrons. The van der Waals surface area contributed by atoms with Crippen LogP contribution in [0, 0.1) is 0 Å². The van der Waals surface area contributed by atoms with Gasteiger partial charge < -0.3 is 10.0 Å². The molecule has 0 amide bonds. The fraction of sp³-hybridized carbons (Fsp3) is 0.200. The van der Waals surface area contributed by atoms with Gasteiger partial charge in [0, 0.05) is 12.2 Å². The van der Waals surface area contributed by atoms with Gasteiger partial charge in [-0.1, -0.05) is 18.2 Å². The van der Waals surface area contributed by atoms with Gasteiger partial charge in [0.2, 0.25) is 5.95 Å². The third-order valence-electron chi connectivity index (χ3n) is 2.05. The lowest BCUT2D eigenvalue weighted by Gasteiger charge is -2.20. The quantitative estimate of drug-likeness (QED) is 0.777. The summed E-state index contributed by atoms with van der Waals surface area (Å²) in [7, 11) is 0. The second-order valence-electron chi connectivity index (χ2n) is 3.02. The summed E-state index contributed by atoms with van der Waals surface area (Å²) in [4.78, 5) is 5.93. The number of aliphatic hydroxyl groups is 1. The van der Waals surface area contributed by atoms with Crippen LogP contribution in [0.4, 0.5) is 11.6 Å². The van der Waals surface area contributed by atoms with Crippen molar-refractivity contribution >= 4 is 11.6 Å². The van der Waals surface area contributed by atoms with Crippen LogP contribution in [0.2, 0.25) is 0 Å². The van der Waals surface area contributed by atoms with Gasteiger partial charge in [-0.25, -0.2) is 5.10 Å². The van der Waals surface area contributed by atoms with Gasteiger partial charge in [0.1, 0.15) is 6.33 Å². The SMILES string of the molecule is OCCN(c1ccccc1)c1ncn[nH]1. The first-order valence-corrected chi connectivity index (χ1v) is 4.70. The van der Waals surface area contributed by atoms with Gasteiger partial charge in [0.15, 0.2) is 0 Å². The van der Waals surface area contributed by atoms with E-state index in [4.69, 9.17) is 5.11 Å². The molecule has 0 aliphatic carbocycles. The highest BCUT2D eigenvalue weighted by atomic mass is 16.3. The molecule has 0 fully saturated rings. The number of anilines is 2. The zero-order valence-corrected chi connectivity index (χ0v) is 8.17. The zero-order valence-electron chi connectivity index (χ0n) is 8.17. The van der Waals surface area contributed by atoms with Crippen molar-refractivity contribution in [2.75, 3.05) is 18.1 Å². The molecule has 2 N–H and O–H groups in total. The molecule has 0 saturated carbocycles. The monoisotopic (exact) mass is 204 g/mol. The van der Waals surface area contributed by atoms with Crippen LogP contribution >= 0.6 is 0 Å². The first-order valence-electron chi connectivity index (χ1n) is 4.70. The van der Waals surface area contributed by atoms with Gasteiger partial charge in [-0.2, -0.15) is 10.1 Å². The van der Waals surface area contributed by atoms with Crippen LogP contribution in [0.1, 0.15) is 0 Å². The highest BCUT2D eigenvalue weighted by Crippen LogP contribution is 2.19. The van der Waals surface area contributed by atoms with Gasteiger partial charge in [-0.05, 0) is 12.1 Å². The summed E-state index contributed by atoms with van der Waals surface area (Å²) in [6, 6.07) is 9.74. The Hall–Kier alpha value is -1.88. The Labute approximate surface area is 87.4 Å². The Balaban J connectivity index is 2.28. The van der Waals surface area contributed by atoms with Crippen LogP contribution < -0.4 is 4.90 Å². The van der Waals surface area contributed by atoms with Crippen LogP contribution in [0.25, 0.3) is 0 Å². The molecule has 2 rings (SSSR count). The Morgan fingerprint density at radius 3 is 2.67 bits per heavy atom. The van der Waals surface area contributed by atoms with E-state index in [1.54, 1.807) is 0 Å². The van der Waals surface area contributed by atoms with Crippen LogP contribution in [0.15, 0.2) is 36.7 Å². The maximum Gasteiger partial charge on any atom is 0.225 e. The molecule has 0 aliphatic heterocycles. The number of rotatable bonds is 4. The molecule has 0 saturated heterocycles. The smallest absolute Gasteiger partial charge is 0.225 e. The molecule has 0 unspecified atom stereocenters. The molecule has 1 aromatic carbocycles. The van der Waals surface area contributed by atoms with E-state index in [1.165, 1.54) is 6.33 Å². The number of para-hydroxylation sites is 1. The minimum atomic E-state index is 0.0651. The summed E-state index contributed by atoms with van der Waals surface area (Å²) < 4.78 is 0. The maximum atomic E-state index is 8.99. The summed E-state index contributed by atoms with van der Waals surface area (Å²) in [5.41, 5.74) is 0.975. The van der Waals surface area contributed by atoms with Crippen LogP contribution in [0.5, 0.6) is 0 Å². The summed E-state index contributed by atoms with van der Waals surface area (Å²) in [6.07, 6.45) is 1.45. The summed E-state index contributed by atoms with van der Waals surface area (Å²) in [6.45, 7) is 0.550. The Kier molecular flexibility index (Phi) is 2.94. The largest absolute Gasteiger partial charge is 0.395 e. The van der Waals surface area contributed by atoms with E-state index < -0.39 is 0 Å². The van der Waals surface area contributed by atoms with Crippen LogP contribution in [-0.2, 0) is 0 Å². The average molecular weight is 204 g/mol. The average Bonchev–Trinajstić information content (AvgIpc) is 2.80. The van der Waals surface area contributed by atoms with Gasteiger partial charge in [-0.15, -0.1) is 0 Å². The van der Waals surface area contributed by atoms with Crippen molar-refractivity contribution in [2.45, 2.75) is 0 Å². The highest BCUT2D eigenvalue weighted by Gasteiger charge is 2.10. The van der Waals surface area contributed by atoms with E-state index in [9.17, 15) is 0 Å². The summed E-state index contributed by atoms with van der Waals surface area (Å²) in [5, 5.41) is 15.6. The number of aromatic amines is 1. The number of nitrogens with one attached hydrogen (secondary N) is 1. The molecule has 0 aliphatic rings. The molecule has 0 bridgehead atoms. The summed E-state index contributed by atoms with van der Waals surface area (Å²) >= 11 is 0. The van der Waals surface area contributed by atoms with Crippen molar-refractivity contribution in [3.63, 3.8) is 0 Å². The van der Waals surface area contributed by atoms with E-state index >= 15 is 0 Å². The number of H-pyrrole nitrogens is 1. The minimum absolute atomic E-state index is 0.0651. The zero-order chi connectivity index (χ0) is 10.5. The molecule has 1 aromatic heterocycles. The third-order valence-corrected chi connectivity index (χ3v) is 2.05. The second-order valence-corrected chi connectivity index (χ2v) is 3.02. The standard InChI is InChI=1S/C10H12N4O/c15-7-6-14(10-11-8-12-13-10)9-4-2-1-3-5-9/h1-5,8,15H,6-7H2,(H,11,12,13). The molecular formula is C10H12N4O. The first kappa shape index (κ1) is 9.67. The lowest BCUT2D eigenvalue weighted by molar-refractivity contribution is 0.305.